The summed E-state index contributed by atoms with van der Waals surface area (Å²) in [7, 11) is 0. The third kappa shape index (κ3) is 2.35. The number of nitrogens with one attached hydrogen (secondary N) is 1. The van der Waals surface area contributed by atoms with E-state index in [1.807, 2.05) is 0 Å². The van der Waals surface area contributed by atoms with Crippen LogP contribution in [0.3, 0.4) is 0 Å². The lowest BCUT2D eigenvalue weighted by Gasteiger charge is -2.56. The number of hydrogen-bond donors (Lipinski definition) is 2. The predicted octanol–water partition coefficient (Wildman–Crippen LogP) is 2.54. The molecule has 4 heteroatoms. The van der Waals surface area contributed by atoms with Gasteiger partial charge in [0.15, 0.2) is 0 Å². The van der Waals surface area contributed by atoms with Crippen LogP contribution in [-0.2, 0) is 0 Å². The van der Waals surface area contributed by atoms with Crippen molar-refractivity contribution in [3.63, 3.8) is 0 Å². The van der Waals surface area contributed by atoms with Gasteiger partial charge in [-0.15, -0.1) is 0 Å². The molecule has 0 radical (unpaired) electrons. The summed E-state index contributed by atoms with van der Waals surface area (Å²) >= 11 is 0. The van der Waals surface area contributed by atoms with Gasteiger partial charge in [-0.2, -0.15) is 0 Å². The Hall–Kier alpha value is -0.770. The van der Waals surface area contributed by atoms with Crippen LogP contribution in [0.2, 0.25) is 0 Å². The standard InChI is InChI=1S/C14H26N2O2/c1-13(2,3)11-14(6-8-15-9-7-14)5-4-10-16(11)12(17)18/h11,15H,4-10H2,1-3H3,(H,17,18). The van der Waals surface area contributed by atoms with Gasteiger partial charge in [0, 0.05) is 12.6 Å². The first-order valence-electron chi connectivity index (χ1n) is 7.07. The molecule has 0 aromatic carbocycles. The molecule has 18 heavy (non-hydrogen) atoms. The molecule has 1 atom stereocenters. The molecule has 1 amide bonds. The zero-order valence-electron chi connectivity index (χ0n) is 11.8. The highest BCUT2D eigenvalue weighted by Crippen LogP contribution is 2.49. The fourth-order valence-electron chi connectivity index (χ4n) is 4.24. The lowest BCUT2D eigenvalue weighted by molar-refractivity contribution is -0.0521. The van der Waals surface area contributed by atoms with E-state index < -0.39 is 6.09 Å². The number of piperidine rings is 2. The molecule has 0 bridgehead atoms. The van der Waals surface area contributed by atoms with Crippen LogP contribution in [-0.4, -0.2) is 41.8 Å². The quantitative estimate of drug-likeness (QED) is 0.698. The molecule has 2 N–H and O–H groups in total. The van der Waals surface area contributed by atoms with Crippen LogP contribution in [0.25, 0.3) is 0 Å². The average molecular weight is 254 g/mol. The van der Waals surface area contributed by atoms with Crippen LogP contribution in [0.4, 0.5) is 4.79 Å². The summed E-state index contributed by atoms with van der Waals surface area (Å²) < 4.78 is 0. The summed E-state index contributed by atoms with van der Waals surface area (Å²) in [5.74, 6) is 0. The molecule has 2 rings (SSSR count). The van der Waals surface area contributed by atoms with Crippen molar-refractivity contribution in [2.45, 2.75) is 52.5 Å². The highest BCUT2D eigenvalue weighted by molar-refractivity contribution is 5.66. The zero-order chi connectivity index (χ0) is 13.4. The Balaban J connectivity index is 2.34. The number of likely N-dealkylation sites (tertiary alicyclic amines) is 1. The van der Waals surface area contributed by atoms with Gasteiger partial charge >= 0.3 is 6.09 Å². The van der Waals surface area contributed by atoms with E-state index in [1.54, 1.807) is 4.90 Å². The Morgan fingerprint density at radius 1 is 1.28 bits per heavy atom. The molecule has 2 fully saturated rings. The van der Waals surface area contributed by atoms with E-state index in [-0.39, 0.29) is 16.9 Å². The number of amides is 1. The van der Waals surface area contributed by atoms with E-state index in [2.05, 4.69) is 26.1 Å². The maximum atomic E-state index is 11.5. The minimum Gasteiger partial charge on any atom is -0.465 e. The molecule has 4 nitrogen and oxygen atoms in total. The number of carboxylic acid groups (broad SMARTS) is 1. The normalized spacial score (nSPS) is 28.4. The van der Waals surface area contributed by atoms with Crippen LogP contribution in [0, 0.1) is 10.8 Å². The topological polar surface area (TPSA) is 52.6 Å². The highest BCUT2D eigenvalue weighted by atomic mass is 16.4. The number of hydrogen-bond acceptors (Lipinski definition) is 2. The third-order valence-corrected chi connectivity index (χ3v) is 4.63. The SMILES string of the molecule is CC(C)(C)C1N(C(=O)O)CCCC12CCNCC2. The second-order valence-electron chi connectivity index (χ2n) is 6.96. The molecule has 2 heterocycles. The van der Waals surface area contributed by atoms with E-state index in [0.717, 1.165) is 32.4 Å². The summed E-state index contributed by atoms with van der Waals surface area (Å²) in [6, 6.07) is 0.151. The van der Waals surface area contributed by atoms with Crippen molar-refractivity contribution in [1.29, 1.82) is 0 Å². The Bertz CT molecular complexity index is 311. The Morgan fingerprint density at radius 2 is 1.89 bits per heavy atom. The first-order valence-corrected chi connectivity index (χ1v) is 7.07. The Kier molecular flexibility index (Phi) is 3.58. The second kappa shape index (κ2) is 4.72. The lowest BCUT2D eigenvalue weighted by Crippen LogP contribution is -2.62. The van der Waals surface area contributed by atoms with Crippen molar-refractivity contribution < 1.29 is 9.90 Å². The van der Waals surface area contributed by atoms with Crippen LogP contribution >= 0.6 is 0 Å². The molecule has 0 aliphatic carbocycles. The van der Waals surface area contributed by atoms with Crippen LogP contribution in [0.1, 0.15) is 46.5 Å². The van der Waals surface area contributed by atoms with Gasteiger partial charge < -0.3 is 15.3 Å². The van der Waals surface area contributed by atoms with Gasteiger partial charge in [-0.3, -0.25) is 0 Å². The molecule has 2 aliphatic rings. The van der Waals surface area contributed by atoms with Crippen molar-refractivity contribution in [2.75, 3.05) is 19.6 Å². The fraction of sp³-hybridized carbons (Fsp3) is 0.929. The van der Waals surface area contributed by atoms with Crippen molar-refractivity contribution in [3.8, 4) is 0 Å². The second-order valence-corrected chi connectivity index (χ2v) is 6.96. The lowest BCUT2D eigenvalue weighted by atomic mass is 9.60. The van der Waals surface area contributed by atoms with E-state index in [1.165, 1.54) is 6.42 Å². The van der Waals surface area contributed by atoms with Crippen molar-refractivity contribution in [1.82, 2.24) is 10.2 Å². The smallest absolute Gasteiger partial charge is 0.407 e. The summed E-state index contributed by atoms with van der Waals surface area (Å²) in [5.41, 5.74) is 0.205. The van der Waals surface area contributed by atoms with E-state index in [9.17, 15) is 9.90 Å². The van der Waals surface area contributed by atoms with Gasteiger partial charge in [-0.1, -0.05) is 20.8 Å². The summed E-state index contributed by atoms with van der Waals surface area (Å²) in [6.45, 7) is 9.31. The Morgan fingerprint density at radius 3 is 2.39 bits per heavy atom. The minimum absolute atomic E-state index is 0.0101. The Labute approximate surface area is 110 Å². The van der Waals surface area contributed by atoms with Gasteiger partial charge in [0.1, 0.15) is 0 Å². The summed E-state index contributed by atoms with van der Waals surface area (Å²) in [6.07, 6.45) is 3.67. The molecule has 2 aliphatic heterocycles. The van der Waals surface area contributed by atoms with Crippen molar-refractivity contribution in [2.24, 2.45) is 10.8 Å². The largest absolute Gasteiger partial charge is 0.465 e. The maximum absolute atomic E-state index is 11.5. The summed E-state index contributed by atoms with van der Waals surface area (Å²) in [5, 5.41) is 12.9. The monoisotopic (exact) mass is 254 g/mol. The van der Waals surface area contributed by atoms with E-state index in [4.69, 9.17) is 0 Å². The molecule has 1 unspecified atom stereocenters. The minimum atomic E-state index is -0.743. The average Bonchev–Trinajstić information content (AvgIpc) is 2.28. The van der Waals surface area contributed by atoms with Gasteiger partial charge in [-0.25, -0.2) is 4.79 Å². The van der Waals surface area contributed by atoms with Crippen molar-refractivity contribution >= 4 is 6.09 Å². The third-order valence-electron chi connectivity index (χ3n) is 4.63. The first-order chi connectivity index (χ1) is 8.37. The molecule has 104 valence electrons. The molecule has 1 spiro atoms. The number of nitrogens with zero attached hydrogens (tertiary/aromatic N) is 1. The highest BCUT2D eigenvalue weighted by Gasteiger charge is 2.51. The predicted molar refractivity (Wildman–Crippen MR) is 71.7 cm³/mol. The van der Waals surface area contributed by atoms with Gasteiger partial charge in [-0.05, 0) is 49.6 Å². The number of carbonyl (C=O) groups is 1. The zero-order valence-corrected chi connectivity index (χ0v) is 11.8. The van der Waals surface area contributed by atoms with Crippen molar-refractivity contribution in [3.05, 3.63) is 0 Å². The molecule has 0 saturated carbocycles. The maximum Gasteiger partial charge on any atom is 0.407 e. The summed E-state index contributed by atoms with van der Waals surface area (Å²) in [4.78, 5) is 13.3. The molecule has 0 aromatic heterocycles. The van der Waals surface area contributed by atoms with Crippen LogP contribution in [0.15, 0.2) is 0 Å². The van der Waals surface area contributed by atoms with Gasteiger partial charge in [0.25, 0.3) is 0 Å². The molecular formula is C14H26N2O2. The molecule has 0 aromatic rings. The van der Waals surface area contributed by atoms with Crippen LogP contribution < -0.4 is 5.32 Å². The van der Waals surface area contributed by atoms with E-state index in [0.29, 0.717) is 6.54 Å². The first kappa shape index (κ1) is 13.7. The van der Waals surface area contributed by atoms with Gasteiger partial charge in [0.2, 0.25) is 0 Å². The molecule has 2 saturated heterocycles. The van der Waals surface area contributed by atoms with E-state index >= 15 is 0 Å². The number of rotatable bonds is 0. The fourth-order valence-corrected chi connectivity index (χ4v) is 4.24. The molecular weight excluding hydrogens is 228 g/mol. The van der Waals surface area contributed by atoms with Crippen LogP contribution in [0.5, 0.6) is 0 Å². The van der Waals surface area contributed by atoms with Gasteiger partial charge in [0.05, 0.1) is 0 Å².